The summed E-state index contributed by atoms with van der Waals surface area (Å²) in [5, 5.41) is 0. The van der Waals surface area contributed by atoms with Crippen LogP contribution in [0.5, 0.6) is 0 Å². The molecule has 0 aromatic heterocycles. The Kier molecular flexibility index (Phi) is 5.04. The van der Waals surface area contributed by atoms with Crippen LogP contribution in [0, 0.1) is 13.8 Å². The van der Waals surface area contributed by atoms with Crippen LogP contribution >= 0.6 is 11.8 Å². The molecule has 0 heterocycles. The van der Waals surface area contributed by atoms with Crippen molar-refractivity contribution in [2.24, 2.45) is 5.84 Å². The summed E-state index contributed by atoms with van der Waals surface area (Å²) in [6.45, 7) is 11.0. The van der Waals surface area contributed by atoms with Crippen LogP contribution in [0.2, 0.25) is 0 Å². The molecule has 0 spiro atoms. The summed E-state index contributed by atoms with van der Waals surface area (Å²) in [6, 6.07) is 6.77. The van der Waals surface area contributed by atoms with E-state index in [4.69, 9.17) is 5.84 Å². The summed E-state index contributed by atoms with van der Waals surface area (Å²) in [6.07, 6.45) is 0. The van der Waals surface area contributed by atoms with Crippen LogP contribution < -0.4 is 11.3 Å². The highest BCUT2D eigenvalue weighted by atomic mass is 32.2. The largest absolute Gasteiger partial charge is 0.271 e. The van der Waals surface area contributed by atoms with Gasteiger partial charge in [-0.1, -0.05) is 39.0 Å². The molecule has 2 nitrogen and oxygen atoms in total. The zero-order valence-electron chi connectivity index (χ0n) is 11.5. The first-order chi connectivity index (χ1) is 7.83. The van der Waals surface area contributed by atoms with Gasteiger partial charge in [0.05, 0.1) is 6.04 Å². The third-order valence-corrected chi connectivity index (χ3v) is 4.18. The molecule has 3 N–H and O–H groups in total. The predicted molar refractivity (Wildman–Crippen MR) is 78.2 cm³/mol. The third kappa shape index (κ3) is 4.70. The van der Waals surface area contributed by atoms with Crippen molar-refractivity contribution in [1.29, 1.82) is 0 Å². The smallest absolute Gasteiger partial charge is 0.0550 e. The van der Waals surface area contributed by atoms with Gasteiger partial charge < -0.3 is 0 Å². The van der Waals surface area contributed by atoms with E-state index in [2.05, 4.69) is 58.2 Å². The second-order valence-corrected chi connectivity index (χ2v) is 7.33. The molecule has 0 amide bonds. The average Bonchev–Trinajstić information content (AvgIpc) is 2.22. The van der Waals surface area contributed by atoms with E-state index < -0.39 is 0 Å². The summed E-state index contributed by atoms with van der Waals surface area (Å²) in [4.78, 5) is 0. The van der Waals surface area contributed by atoms with Crippen molar-refractivity contribution in [3.63, 3.8) is 0 Å². The van der Waals surface area contributed by atoms with Crippen LogP contribution in [0.25, 0.3) is 0 Å². The van der Waals surface area contributed by atoms with E-state index in [1.807, 2.05) is 11.8 Å². The summed E-state index contributed by atoms with van der Waals surface area (Å²) in [5.74, 6) is 6.65. The van der Waals surface area contributed by atoms with E-state index in [0.717, 1.165) is 5.75 Å². The van der Waals surface area contributed by atoms with E-state index in [9.17, 15) is 0 Å². The van der Waals surface area contributed by atoms with Crippen LogP contribution in [0.4, 0.5) is 0 Å². The highest BCUT2D eigenvalue weighted by molar-refractivity contribution is 8.00. The zero-order chi connectivity index (χ0) is 13.1. The van der Waals surface area contributed by atoms with Gasteiger partial charge in [-0.2, -0.15) is 11.8 Å². The zero-order valence-corrected chi connectivity index (χ0v) is 12.3. The molecule has 0 aliphatic heterocycles. The number of hydrazine groups is 1. The highest BCUT2D eigenvalue weighted by Crippen LogP contribution is 2.28. The minimum Gasteiger partial charge on any atom is -0.271 e. The van der Waals surface area contributed by atoms with Gasteiger partial charge in [0.15, 0.2) is 0 Å². The normalized spacial score (nSPS) is 13.8. The molecule has 1 aromatic carbocycles. The Morgan fingerprint density at radius 3 is 2.35 bits per heavy atom. The van der Waals surface area contributed by atoms with Crippen molar-refractivity contribution >= 4 is 11.8 Å². The number of hydrogen-bond donors (Lipinski definition) is 2. The fraction of sp³-hybridized carbons (Fsp3) is 0.571. The number of benzene rings is 1. The molecule has 1 aromatic rings. The number of thioether (sulfide) groups is 1. The standard InChI is InChI=1S/C14H24N2S/c1-10-6-7-12(8-11(10)2)13(16-15)9-17-14(3,4)5/h6-8,13,16H,9,15H2,1-5H3. The van der Waals surface area contributed by atoms with Gasteiger partial charge in [0.1, 0.15) is 0 Å². The third-order valence-electron chi connectivity index (χ3n) is 2.82. The Bertz CT molecular complexity index is 369. The van der Waals surface area contributed by atoms with Crippen molar-refractivity contribution in [2.75, 3.05) is 5.75 Å². The Morgan fingerprint density at radius 1 is 1.24 bits per heavy atom. The van der Waals surface area contributed by atoms with Crippen LogP contribution in [-0.4, -0.2) is 10.5 Å². The second-order valence-electron chi connectivity index (χ2n) is 5.49. The first-order valence-electron chi connectivity index (χ1n) is 6.01. The van der Waals surface area contributed by atoms with Gasteiger partial charge >= 0.3 is 0 Å². The lowest BCUT2D eigenvalue weighted by Gasteiger charge is -2.23. The van der Waals surface area contributed by atoms with E-state index in [0.29, 0.717) is 0 Å². The molecular weight excluding hydrogens is 228 g/mol. The van der Waals surface area contributed by atoms with Crippen LogP contribution in [0.3, 0.4) is 0 Å². The Labute approximate surface area is 109 Å². The lowest BCUT2D eigenvalue weighted by atomic mass is 10.0. The van der Waals surface area contributed by atoms with Crippen molar-refractivity contribution in [3.8, 4) is 0 Å². The lowest BCUT2D eigenvalue weighted by molar-refractivity contribution is 0.607. The minimum atomic E-state index is 0.221. The van der Waals surface area contributed by atoms with Gasteiger partial charge in [-0.25, -0.2) is 0 Å². The first kappa shape index (κ1) is 14.6. The van der Waals surface area contributed by atoms with E-state index >= 15 is 0 Å². The van der Waals surface area contributed by atoms with Crippen LogP contribution in [0.1, 0.15) is 43.5 Å². The molecule has 96 valence electrons. The summed E-state index contributed by atoms with van der Waals surface area (Å²) in [5.41, 5.74) is 6.84. The maximum atomic E-state index is 5.66. The molecule has 3 heteroatoms. The van der Waals surface area contributed by atoms with Crippen molar-refractivity contribution in [2.45, 2.75) is 45.4 Å². The Balaban J connectivity index is 2.76. The molecule has 0 aliphatic carbocycles. The molecule has 1 atom stereocenters. The van der Waals surface area contributed by atoms with Crippen LogP contribution in [0.15, 0.2) is 18.2 Å². The van der Waals surface area contributed by atoms with E-state index in [1.165, 1.54) is 16.7 Å². The van der Waals surface area contributed by atoms with Gasteiger partial charge in [-0.05, 0) is 30.5 Å². The monoisotopic (exact) mass is 252 g/mol. The number of nitrogens with two attached hydrogens (primary N) is 1. The van der Waals surface area contributed by atoms with E-state index in [1.54, 1.807) is 0 Å². The predicted octanol–water partition coefficient (Wildman–Crippen LogP) is 3.34. The average molecular weight is 252 g/mol. The molecule has 1 unspecified atom stereocenters. The maximum Gasteiger partial charge on any atom is 0.0550 e. The topological polar surface area (TPSA) is 38.0 Å². The first-order valence-corrected chi connectivity index (χ1v) is 6.99. The van der Waals surface area contributed by atoms with Gasteiger partial charge in [-0.3, -0.25) is 11.3 Å². The number of hydrogen-bond acceptors (Lipinski definition) is 3. The molecule has 0 saturated heterocycles. The quantitative estimate of drug-likeness (QED) is 0.637. The minimum absolute atomic E-state index is 0.221. The van der Waals surface area contributed by atoms with Gasteiger partial charge in [0, 0.05) is 10.5 Å². The van der Waals surface area contributed by atoms with E-state index in [-0.39, 0.29) is 10.8 Å². The van der Waals surface area contributed by atoms with Crippen LogP contribution in [-0.2, 0) is 0 Å². The highest BCUT2D eigenvalue weighted by Gasteiger charge is 2.16. The number of aryl methyl sites for hydroxylation is 2. The summed E-state index contributed by atoms with van der Waals surface area (Å²) in [7, 11) is 0. The van der Waals surface area contributed by atoms with Gasteiger partial charge in [-0.15, -0.1) is 0 Å². The van der Waals surface area contributed by atoms with Gasteiger partial charge in [0.25, 0.3) is 0 Å². The second kappa shape index (κ2) is 5.89. The lowest BCUT2D eigenvalue weighted by Crippen LogP contribution is -2.30. The number of rotatable bonds is 4. The molecular formula is C14H24N2S. The molecule has 0 aliphatic rings. The van der Waals surface area contributed by atoms with Crippen molar-refractivity contribution < 1.29 is 0 Å². The molecule has 17 heavy (non-hydrogen) atoms. The fourth-order valence-electron chi connectivity index (χ4n) is 1.56. The van der Waals surface area contributed by atoms with Crippen molar-refractivity contribution in [1.82, 2.24) is 5.43 Å². The SMILES string of the molecule is Cc1ccc(C(CSC(C)(C)C)NN)cc1C. The summed E-state index contributed by atoms with van der Waals surface area (Å²) < 4.78 is 0.273. The Morgan fingerprint density at radius 2 is 1.88 bits per heavy atom. The number of nitrogens with one attached hydrogen (secondary N) is 1. The van der Waals surface area contributed by atoms with Crippen molar-refractivity contribution in [3.05, 3.63) is 34.9 Å². The summed E-state index contributed by atoms with van der Waals surface area (Å²) >= 11 is 1.93. The molecule has 0 radical (unpaired) electrons. The maximum absolute atomic E-state index is 5.66. The molecule has 1 rings (SSSR count). The Hall–Kier alpha value is -0.510. The molecule has 0 saturated carbocycles. The van der Waals surface area contributed by atoms with Gasteiger partial charge in [0.2, 0.25) is 0 Å². The molecule has 0 fully saturated rings. The fourth-order valence-corrected chi connectivity index (χ4v) is 2.51. The molecule has 0 bridgehead atoms.